The van der Waals surface area contributed by atoms with E-state index in [2.05, 4.69) is 11.6 Å². The molecule has 2 aromatic rings. The lowest BCUT2D eigenvalue weighted by Gasteiger charge is -2.20. The fourth-order valence-corrected chi connectivity index (χ4v) is 3.02. The number of rotatable bonds is 8. The van der Waals surface area contributed by atoms with Crippen LogP contribution in [0.5, 0.6) is 5.75 Å². The molecule has 0 saturated heterocycles. The van der Waals surface area contributed by atoms with Crippen molar-refractivity contribution in [2.45, 2.75) is 13.8 Å². The van der Waals surface area contributed by atoms with Crippen molar-refractivity contribution >= 4 is 23.2 Å². The van der Waals surface area contributed by atoms with Crippen LogP contribution in [-0.4, -0.2) is 48.6 Å². The van der Waals surface area contributed by atoms with Gasteiger partial charge < -0.3 is 14.4 Å². The number of hydrogen-bond acceptors (Lipinski definition) is 6. The molecule has 1 aromatic heterocycles. The number of amides is 1. The zero-order valence-electron chi connectivity index (χ0n) is 15.2. The topological polar surface area (TPSA) is 68.7 Å². The van der Waals surface area contributed by atoms with Crippen molar-refractivity contribution in [1.29, 1.82) is 0 Å². The Morgan fingerprint density at radius 1 is 1.27 bits per heavy atom. The van der Waals surface area contributed by atoms with Crippen LogP contribution in [0.1, 0.15) is 24.3 Å². The summed E-state index contributed by atoms with van der Waals surface area (Å²) in [7, 11) is 1.60. The molecule has 0 bridgehead atoms. The van der Waals surface area contributed by atoms with Gasteiger partial charge in [0.1, 0.15) is 10.8 Å². The van der Waals surface area contributed by atoms with Gasteiger partial charge in [-0.15, -0.1) is 11.3 Å². The number of methoxy groups -OCH3 is 1. The highest BCUT2D eigenvalue weighted by Crippen LogP contribution is 2.25. The number of esters is 1. The van der Waals surface area contributed by atoms with Crippen LogP contribution in [0.2, 0.25) is 0 Å². The van der Waals surface area contributed by atoms with Crippen LogP contribution in [0.3, 0.4) is 0 Å². The van der Waals surface area contributed by atoms with Crippen LogP contribution in [0.25, 0.3) is 10.6 Å². The first kappa shape index (κ1) is 19.7. The van der Waals surface area contributed by atoms with Crippen LogP contribution in [0, 0.1) is 0 Å². The van der Waals surface area contributed by atoms with E-state index in [9.17, 15) is 9.59 Å². The number of ether oxygens (including phenoxy) is 2. The van der Waals surface area contributed by atoms with Crippen molar-refractivity contribution in [3.63, 3.8) is 0 Å². The van der Waals surface area contributed by atoms with Crippen LogP contribution in [0.15, 0.2) is 41.8 Å². The number of thiazole rings is 1. The average Bonchev–Trinajstić information content (AvgIpc) is 3.14. The molecule has 0 saturated carbocycles. The number of aromatic nitrogens is 1. The van der Waals surface area contributed by atoms with Crippen molar-refractivity contribution < 1.29 is 19.1 Å². The highest BCUT2D eigenvalue weighted by molar-refractivity contribution is 7.13. The Bertz CT molecular complexity index is 783. The molecule has 0 unspecified atom stereocenters. The highest BCUT2D eigenvalue weighted by Gasteiger charge is 2.17. The zero-order chi connectivity index (χ0) is 19.1. The van der Waals surface area contributed by atoms with Gasteiger partial charge >= 0.3 is 5.97 Å². The van der Waals surface area contributed by atoms with Gasteiger partial charge in [-0.25, -0.2) is 9.78 Å². The van der Waals surface area contributed by atoms with Gasteiger partial charge in [0, 0.05) is 24.0 Å². The summed E-state index contributed by atoms with van der Waals surface area (Å²) >= 11 is 1.34. The maximum atomic E-state index is 12.1. The summed E-state index contributed by atoms with van der Waals surface area (Å²) in [5.74, 6) is -0.117. The van der Waals surface area contributed by atoms with E-state index < -0.39 is 5.97 Å². The van der Waals surface area contributed by atoms with E-state index >= 15 is 0 Å². The quantitative estimate of drug-likeness (QED) is 0.523. The Hall–Kier alpha value is -2.67. The molecular formula is C19H22N2O4S. The molecule has 6 nitrogen and oxygen atoms in total. The molecule has 26 heavy (non-hydrogen) atoms. The maximum absolute atomic E-state index is 12.1. The van der Waals surface area contributed by atoms with E-state index in [-0.39, 0.29) is 18.2 Å². The molecule has 0 fully saturated rings. The lowest BCUT2D eigenvalue weighted by atomic mass is 10.2. The van der Waals surface area contributed by atoms with E-state index in [0.717, 1.165) is 16.9 Å². The van der Waals surface area contributed by atoms with Gasteiger partial charge in [0.15, 0.2) is 12.3 Å². The number of carbonyl (C=O) groups is 2. The second kappa shape index (κ2) is 9.15. The molecule has 0 aliphatic rings. The van der Waals surface area contributed by atoms with Crippen molar-refractivity contribution in [3.8, 4) is 16.3 Å². The van der Waals surface area contributed by atoms with Crippen LogP contribution < -0.4 is 4.74 Å². The molecule has 1 amide bonds. The van der Waals surface area contributed by atoms with Gasteiger partial charge in [0.25, 0.3) is 5.91 Å². The summed E-state index contributed by atoms with van der Waals surface area (Å²) in [5, 5.41) is 2.32. The molecule has 0 N–H and O–H groups in total. The normalized spacial score (nSPS) is 10.3. The van der Waals surface area contributed by atoms with Crippen molar-refractivity contribution in [2.75, 3.05) is 26.8 Å². The minimum Gasteiger partial charge on any atom is -0.497 e. The second-order valence-electron chi connectivity index (χ2n) is 5.71. The van der Waals surface area contributed by atoms with E-state index in [1.165, 1.54) is 11.3 Å². The standard InChI is InChI=1S/C19H22N2O4S/c1-5-21(10-13(2)3)17(22)11-25-19(23)16-12-26-18(20-16)14-6-8-15(24-4)9-7-14/h6-9,12H,2,5,10-11H2,1,3-4H3. The number of nitrogens with zero attached hydrogens (tertiary/aromatic N) is 2. The minimum atomic E-state index is -0.610. The molecule has 0 atom stereocenters. The van der Waals surface area contributed by atoms with Crippen molar-refractivity contribution in [1.82, 2.24) is 9.88 Å². The van der Waals surface area contributed by atoms with Gasteiger partial charge in [0.05, 0.1) is 7.11 Å². The monoisotopic (exact) mass is 374 g/mol. The third-order valence-electron chi connectivity index (χ3n) is 3.57. The average molecular weight is 374 g/mol. The van der Waals surface area contributed by atoms with E-state index in [0.29, 0.717) is 18.1 Å². The van der Waals surface area contributed by atoms with Crippen LogP contribution in [-0.2, 0) is 9.53 Å². The Balaban J connectivity index is 1.96. The van der Waals surface area contributed by atoms with Crippen molar-refractivity contribution in [3.05, 3.63) is 47.5 Å². The lowest BCUT2D eigenvalue weighted by Crippen LogP contribution is -2.35. The molecule has 1 aromatic carbocycles. The third-order valence-corrected chi connectivity index (χ3v) is 4.46. The smallest absolute Gasteiger partial charge is 0.358 e. The van der Waals surface area contributed by atoms with Gasteiger partial charge in [-0.1, -0.05) is 12.2 Å². The number of likely N-dealkylation sites (N-methyl/N-ethyl adjacent to an activating group) is 1. The highest BCUT2D eigenvalue weighted by atomic mass is 32.1. The minimum absolute atomic E-state index is 0.191. The Morgan fingerprint density at radius 3 is 2.54 bits per heavy atom. The summed E-state index contributed by atoms with van der Waals surface area (Å²) < 4.78 is 10.2. The molecule has 1 heterocycles. The maximum Gasteiger partial charge on any atom is 0.358 e. The van der Waals surface area contributed by atoms with Crippen LogP contribution >= 0.6 is 11.3 Å². The summed E-state index contributed by atoms with van der Waals surface area (Å²) in [6.45, 7) is 8.17. The van der Waals surface area contributed by atoms with Crippen LogP contribution in [0.4, 0.5) is 0 Å². The molecule has 138 valence electrons. The summed E-state index contributed by atoms with van der Waals surface area (Å²) in [4.78, 5) is 30.1. The number of carbonyl (C=O) groups excluding carboxylic acids is 2. The molecule has 0 spiro atoms. The fourth-order valence-electron chi connectivity index (χ4n) is 2.23. The molecule has 0 aliphatic heterocycles. The Kier molecular flexibility index (Phi) is 6.91. The van der Waals surface area contributed by atoms with Gasteiger partial charge in [-0.05, 0) is 38.1 Å². The summed E-state index contributed by atoms with van der Waals surface area (Å²) in [6.07, 6.45) is 0. The summed E-state index contributed by atoms with van der Waals surface area (Å²) in [6, 6.07) is 7.39. The van der Waals surface area contributed by atoms with E-state index in [4.69, 9.17) is 9.47 Å². The summed E-state index contributed by atoms with van der Waals surface area (Å²) in [5.41, 5.74) is 1.94. The number of benzene rings is 1. The zero-order valence-corrected chi connectivity index (χ0v) is 16.0. The van der Waals surface area contributed by atoms with E-state index in [1.54, 1.807) is 17.4 Å². The second-order valence-corrected chi connectivity index (χ2v) is 6.57. The molecule has 0 radical (unpaired) electrons. The number of hydrogen-bond donors (Lipinski definition) is 0. The first-order valence-electron chi connectivity index (χ1n) is 8.13. The van der Waals surface area contributed by atoms with Crippen molar-refractivity contribution in [2.24, 2.45) is 0 Å². The van der Waals surface area contributed by atoms with Gasteiger partial charge in [-0.2, -0.15) is 0 Å². The Morgan fingerprint density at radius 2 is 1.96 bits per heavy atom. The Labute approximate surface area is 157 Å². The predicted octanol–water partition coefficient (Wildman–Crippen LogP) is 3.40. The lowest BCUT2D eigenvalue weighted by molar-refractivity contribution is -0.133. The molecule has 7 heteroatoms. The molecular weight excluding hydrogens is 352 g/mol. The van der Waals surface area contributed by atoms with Gasteiger partial charge in [0.2, 0.25) is 0 Å². The van der Waals surface area contributed by atoms with E-state index in [1.807, 2.05) is 38.1 Å². The first-order valence-corrected chi connectivity index (χ1v) is 9.01. The largest absolute Gasteiger partial charge is 0.497 e. The third kappa shape index (κ3) is 5.16. The first-order chi connectivity index (χ1) is 12.4. The van der Waals surface area contributed by atoms with Gasteiger partial charge in [-0.3, -0.25) is 4.79 Å². The molecule has 2 rings (SSSR count). The predicted molar refractivity (Wildman–Crippen MR) is 101 cm³/mol. The fraction of sp³-hybridized carbons (Fsp3) is 0.316. The molecule has 0 aliphatic carbocycles. The SMILES string of the molecule is C=C(C)CN(CC)C(=O)COC(=O)c1csc(-c2ccc(OC)cc2)n1.